The number of amidine groups is 1. The molecular weight excluding hydrogens is 190 g/mol. The number of rotatable bonds is 4. The molecular formula is C11H23N3O. The zero-order valence-corrected chi connectivity index (χ0v) is 9.99. The van der Waals surface area contributed by atoms with Crippen LogP contribution in [-0.4, -0.2) is 42.1 Å². The summed E-state index contributed by atoms with van der Waals surface area (Å²) in [6.07, 6.45) is 2.20. The van der Waals surface area contributed by atoms with Crippen LogP contribution in [0.25, 0.3) is 0 Å². The highest BCUT2D eigenvalue weighted by molar-refractivity contribution is 5.82. The van der Waals surface area contributed by atoms with Crippen LogP contribution in [0.3, 0.4) is 0 Å². The van der Waals surface area contributed by atoms with Gasteiger partial charge in [0.05, 0.1) is 18.8 Å². The quantitative estimate of drug-likeness (QED) is 0.545. The van der Waals surface area contributed by atoms with Crippen molar-refractivity contribution in [1.82, 2.24) is 4.90 Å². The smallest absolute Gasteiger partial charge is 0.108 e. The van der Waals surface area contributed by atoms with Crippen LogP contribution in [0.5, 0.6) is 0 Å². The number of morpholine rings is 1. The third-order valence-electron chi connectivity index (χ3n) is 3.13. The van der Waals surface area contributed by atoms with Gasteiger partial charge in [-0.25, -0.2) is 0 Å². The molecule has 3 unspecified atom stereocenters. The minimum absolute atomic E-state index is 0.0845. The standard InChI is InChI=1S/C11H23N3O/c1-4-9-7-15-8(3)6-14(9)10(5-2)11(12)13/h8-10H,4-7H2,1-3H3,(H3,12,13). The van der Waals surface area contributed by atoms with Crippen molar-refractivity contribution in [3.05, 3.63) is 0 Å². The second kappa shape index (κ2) is 5.47. The van der Waals surface area contributed by atoms with E-state index in [1.165, 1.54) is 0 Å². The highest BCUT2D eigenvalue weighted by atomic mass is 16.5. The van der Waals surface area contributed by atoms with E-state index >= 15 is 0 Å². The molecule has 88 valence electrons. The van der Waals surface area contributed by atoms with Crippen molar-refractivity contribution in [1.29, 1.82) is 5.41 Å². The molecule has 0 amide bonds. The van der Waals surface area contributed by atoms with Gasteiger partial charge in [-0.2, -0.15) is 0 Å². The topological polar surface area (TPSA) is 62.3 Å². The van der Waals surface area contributed by atoms with E-state index in [0.29, 0.717) is 6.04 Å². The van der Waals surface area contributed by atoms with Crippen LogP contribution in [0, 0.1) is 5.41 Å². The molecule has 1 aliphatic rings. The van der Waals surface area contributed by atoms with Gasteiger partial charge in [0.15, 0.2) is 0 Å². The highest BCUT2D eigenvalue weighted by Crippen LogP contribution is 2.19. The zero-order chi connectivity index (χ0) is 11.4. The van der Waals surface area contributed by atoms with Gasteiger partial charge in [0.2, 0.25) is 0 Å². The maximum atomic E-state index is 7.61. The molecule has 0 aliphatic carbocycles. The summed E-state index contributed by atoms with van der Waals surface area (Å²) in [4.78, 5) is 2.33. The van der Waals surface area contributed by atoms with E-state index in [2.05, 4.69) is 25.7 Å². The Kier molecular flexibility index (Phi) is 4.54. The molecule has 1 rings (SSSR count). The molecule has 3 atom stereocenters. The summed E-state index contributed by atoms with van der Waals surface area (Å²) in [6, 6.07) is 0.497. The number of nitrogens with one attached hydrogen (secondary N) is 1. The fourth-order valence-corrected chi connectivity index (χ4v) is 2.24. The lowest BCUT2D eigenvalue weighted by Gasteiger charge is -2.42. The first-order valence-electron chi connectivity index (χ1n) is 5.81. The normalized spacial score (nSPS) is 30.1. The summed E-state index contributed by atoms with van der Waals surface area (Å²) in [7, 11) is 0. The van der Waals surface area contributed by atoms with Gasteiger partial charge in [0, 0.05) is 12.6 Å². The number of hydrogen-bond donors (Lipinski definition) is 2. The Hall–Kier alpha value is -0.610. The number of hydrogen-bond acceptors (Lipinski definition) is 3. The molecule has 0 bridgehead atoms. The molecule has 4 nitrogen and oxygen atoms in total. The third-order valence-corrected chi connectivity index (χ3v) is 3.13. The second-order valence-electron chi connectivity index (χ2n) is 4.28. The number of nitrogens with two attached hydrogens (primary N) is 1. The molecule has 1 heterocycles. The fraction of sp³-hybridized carbons (Fsp3) is 0.909. The Bertz CT molecular complexity index is 220. The van der Waals surface area contributed by atoms with Crippen LogP contribution in [0.4, 0.5) is 0 Å². The highest BCUT2D eigenvalue weighted by Gasteiger charge is 2.31. The number of nitrogens with zero attached hydrogens (tertiary/aromatic N) is 1. The minimum Gasteiger partial charge on any atom is -0.386 e. The van der Waals surface area contributed by atoms with E-state index in [0.717, 1.165) is 26.0 Å². The summed E-state index contributed by atoms with van der Waals surface area (Å²) in [5.41, 5.74) is 5.64. The summed E-state index contributed by atoms with van der Waals surface area (Å²) in [6.45, 7) is 7.96. The van der Waals surface area contributed by atoms with E-state index in [4.69, 9.17) is 15.9 Å². The summed E-state index contributed by atoms with van der Waals surface area (Å²) >= 11 is 0. The molecule has 1 aliphatic heterocycles. The Balaban J connectivity index is 2.72. The van der Waals surface area contributed by atoms with Crippen LogP contribution < -0.4 is 5.73 Å². The van der Waals surface area contributed by atoms with Crippen molar-refractivity contribution in [2.75, 3.05) is 13.2 Å². The molecule has 0 aromatic carbocycles. The Morgan fingerprint density at radius 3 is 2.73 bits per heavy atom. The third kappa shape index (κ3) is 2.92. The molecule has 3 N–H and O–H groups in total. The monoisotopic (exact) mass is 213 g/mol. The molecule has 0 spiro atoms. The van der Waals surface area contributed by atoms with Crippen molar-refractivity contribution < 1.29 is 4.74 Å². The molecule has 15 heavy (non-hydrogen) atoms. The van der Waals surface area contributed by atoms with Crippen LogP contribution in [-0.2, 0) is 4.74 Å². The molecule has 0 saturated carbocycles. The van der Waals surface area contributed by atoms with E-state index < -0.39 is 0 Å². The Morgan fingerprint density at radius 1 is 1.60 bits per heavy atom. The van der Waals surface area contributed by atoms with Gasteiger partial charge in [-0.1, -0.05) is 13.8 Å². The van der Waals surface area contributed by atoms with Crippen molar-refractivity contribution in [3.63, 3.8) is 0 Å². The molecule has 0 radical (unpaired) electrons. The Morgan fingerprint density at radius 2 is 2.27 bits per heavy atom. The van der Waals surface area contributed by atoms with Gasteiger partial charge in [-0.15, -0.1) is 0 Å². The lowest BCUT2D eigenvalue weighted by molar-refractivity contribution is -0.0636. The van der Waals surface area contributed by atoms with E-state index in [-0.39, 0.29) is 18.0 Å². The summed E-state index contributed by atoms with van der Waals surface area (Å²) in [5, 5.41) is 7.61. The van der Waals surface area contributed by atoms with Gasteiger partial charge in [-0.05, 0) is 19.8 Å². The van der Waals surface area contributed by atoms with Crippen molar-refractivity contribution >= 4 is 5.84 Å². The molecule has 1 saturated heterocycles. The first-order valence-corrected chi connectivity index (χ1v) is 5.81. The first-order chi connectivity index (χ1) is 7.10. The molecule has 0 aromatic heterocycles. The van der Waals surface area contributed by atoms with Crippen LogP contribution in [0.2, 0.25) is 0 Å². The van der Waals surface area contributed by atoms with Crippen molar-refractivity contribution in [2.45, 2.75) is 51.8 Å². The average molecular weight is 213 g/mol. The van der Waals surface area contributed by atoms with E-state index in [1.54, 1.807) is 0 Å². The van der Waals surface area contributed by atoms with Gasteiger partial charge in [0.25, 0.3) is 0 Å². The zero-order valence-electron chi connectivity index (χ0n) is 9.99. The van der Waals surface area contributed by atoms with Crippen molar-refractivity contribution in [3.8, 4) is 0 Å². The minimum atomic E-state index is 0.0845. The van der Waals surface area contributed by atoms with Crippen LogP contribution in [0.15, 0.2) is 0 Å². The average Bonchev–Trinajstić information content (AvgIpc) is 2.18. The SMILES string of the molecule is CCC1COC(C)CN1C(CC)C(=N)N. The predicted octanol–water partition coefficient (Wildman–Crippen LogP) is 1.20. The molecule has 4 heteroatoms. The van der Waals surface area contributed by atoms with E-state index in [9.17, 15) is 0 Å². The maximum absolute atomic E-state index is 7.61. The lowest BCUT2D eigenvalue weighted by Crippen LogP contribution is -2.56. The van der Waals surface area contributed by atoms with Crippen LogP contribution in [0.1, 0.15) is 33.6 Å². The first kappa shape index (κ1) is 12.5. The van der Waals surface area contributed by atoms with Gasteiger partial charge in [0.1, 0.15) is 5.84 Å². The van der Waals surface area contributed by atoms with E-state index in [1.807, 2.05) is 0 Å². The molecule has 0 aromatic rings. The van der Waals surface area contributed by atoms with Gasteiger partial charge in [-0.3, -0.25) is 10.3 Å². The Labute approximate surface area is 92.3 Å². The largest absolute Gasteiger partial charge is 0.386 e. The fourth-order valence-electron chi connectivity index (χ4n) is 2.24. The molecule has 1 fully saturated rings. The summed E-state index contributed by atoms with van der Waals surface area (Å²) < 4.78 is 5.63. The van der Waals surface area contributed by atoms with Crippen LogP contribution >= 0.6 is 0 Å². The maximum Gasteiger partial charge on any atom is 0.108 e. The summed E-state index contributed by atoms with van der Waals surface area (Å²) in [5.74, 6) is 0.282. The number of ether oxygens (including phenoxy) is 1. The second-order valence-corrected chi connectivity index (χ2v) is 4.28. The lowest BCUT2D eigenvalue weighted by atomic mass is 10.0. The predicted molar refractivity (Wildman–Crippen MR) is 62.2 cm³/mol. The van der Waals surface area contributed by atoms with Gasteiger partial charge < -0.3 is 10.5 Å². The van der Waals surface area contributed by atoms with Crippen molar-refractivity contribution in [2.24, 2.45) is 5.73 Å². The van der Waals surface area contributed by atoms with Gasteiger partial charge >= 0.3 is 0 Å².